The molecule has 2 aliphatic heterocycles. The van der Waals surface area contributed by atoms with Crippen molar-refractivity contribution in [2.45, 2.75) is 65.0 Å². The molecule has 2 fully saturated rings. The standard InChI is InChI=1S/C17H33N3O/c1-14(16(21)20-9-5-6-10-20)19-11-7-15(8-12-19)13-18-17(2,3)4/h14-15,18H,5-13H2,1-4H3. The minimum atomic E-state index is 0.0691. The van der Waals surface area contributed by atoms with E-state index >= 15 is 0 Å². The van der Waals surface area contributed by atoms with Crippen LogP contribution in [0, 0.1) is 5.92 Å². The van der Waals surface area contributed by atoms with Crippen molar-refractivity contribution < 1.29 is 4.79 Å². The lowest BCUT2D eigenvalue weighted by Gasteiger charge is -2.37. The van der Waals surface area contributed by atoms with Gasteiger partial charge in [0.15, 0.2) is 0 Å². The molecule has 1 atom stereocenters. The summed E-state index contributed by atoms with van der Waals surface area (Å²) in [6.45, 7) is 13.9. The molecular formula is C17H33N3O. The highest BCUT2D eigenvalue weighted by atomic mass is 16.2. The molecule has 1 amide bonds. The highest BCUT2D eigenvalue weighted by Crippen LogP contribution is 2.21. The number of piperidine rings is 1. The van der Waals surface area contributed by atoms with Crippen molar-refractivity contribution >= 4 is 5.91 Å². The summed E-state index contributed by atoms with van der Waals surface area (Å²) in [5.41, 5.74) is 0.205. The summed E-state index contributed by atoms with van der Waals surface area (Å²) in [5.74, 6) is 1.10. The summed E-state index contributed by atoms with van der Waals surface area (Å²) in [4.78, 5) is 16.9. The maximum atomic E-state index is 12.5. The van der Waals surface area contributed by atoms with Gasteiger partial charge in [-0.15, -0.1) is 0 Å². The number of nitrogens with one attached hydrogen (secondary N) is 1. The first-order valence-electron chi connectivity index (χ1n) is 8.65. The summed E-state index contributed by atoms with van der Waals surface area (Å²) in [7, 11) is 0. The van der Waals surface area contributed by atoms with Crippen LogP contribution >= 0.6 is 0 Å². The van der Waals surface area contributed by atoms with Crippen molar-refractivity contribution in [1.82, 2.24) is 15.1 Å². The molecule has 0 saturated carbocycles. The van der Waals surface area contributed by atoms with Crippen LogP contribution in [0.25, 0.3) is 0 Å². The van der Waals surface area contributed by atoms with Gasteiger partial charge in [0, 0.05) is 18.6 Å². The average molecular weight is 295 g/mol. The smallest absolute Gasteiger partial charge is 0.239 e. The first-order chi connectivity index (χ1) is 9.87. The third kappa shape index (κ3) is 4.96. The zero-order chi connectivity index (χ0) is 15.5. The van der Waals surface area contributed by atoms with E-state index in [1.165, 1.54) is 25.7 Å². The van der Waals surface area contributed by atoms with Gasteiger partial charge in [0.25, 0.3) is 0 Å². The maximum absolute atomic E-state index is 12.5. The number of amides is 1. The van der Waals surface area contributed by atoms with Crippen LogP contribution in [0.1, 0.15) is 53.4 Å². The number of rotatable bonds is 4. The Morgan fingerprint density at radius 3 is 2.24 bits per heavy atom. The van der Waals surface area contributed by atoms with E-state index in [1.54, 1.807) is 0 Å². The van der Waals surface area contributed by atoms with E-state index in [0.29, 0.717) is 5.91 Å². The molecule has 0 spiro atoms. The second-order valence-electron chi connectivity index (χ2n) is 7.82. The Morgan fingerprint density at radius 1 is 1.14 bits per heavy atom. The normalized spacial score (nSPS) is 23.5. The fraction of sp³-hybridized carbons (Fsp3) is 0.941. The van der Waals surface area contributed by atoms with E-state index in [4.69, 9.17) is 0 Å². The molecule has 0 aromatic heterocycles. The monoisotopic (exact) mass is 295 g/mol. The van der Waals surface area contributed by atoms with E-state index < -0.39 is 0 Å². The first-order valence-corrected chi connectivity index (χ1v) is 8.65. The van der Waals surface area contributed by atoms with E-state index in [-0.39, 0.29) is 11.6 Å². The van der Waals surface area contributed by atoms with Gasteiger partial charge >= 0.3 is 0 Å². The fourth-order valence-electron chi connectivity index (χ4n) is 3.35. The van der Waals surface area contributed by atoms with Crippen molar-refractivity contribution in [1.29, 1.82) is 0 Å². The molecule has 21 heavy (non-hydrogen) atoms. The van der Waals surface area contributed by atoms with Crippen molar-refractivity contribution in [3.8, 4) is 0 Å². The van der Waals surface area contributed by atoms with Gasteiger partial charge in [-0.2, -0.15) is 0 Å². The largest absolute Gasteiger partial charge is 0.341 e. The van der Waals surface area contributed by atoms with Gasteiger partial charge < -0.3 is 10.2 Å². The number of hydrogen-bond donors (Lipinski definition) is 1. The van der Waals surface area contributed by atoms with Crippen LogP contribution in [0.3, 0.4) is 0 Å². The number of nitrogens with zero attached hydrogens (tertiary/aromatic N) is 2. The Balaban J connectivity index is 1.74. The molecule has 0 aliphatic carbocycles. The molecule has 4 nitrogen and oxygen atoms in total. The third-order valence-electron chi connectivity index (χ3n) is 4.89. The lowest BCUT2D eigenvalue weighted by atomic mass is 9.94. The SMILES string of the molecule is CC(C(=O)N1CCCC1)N1CCC(CNC(C)(C)C)CC1. The molecule has 1 N–H and O–H groups in total. The Kier molecular flexibility index (Phi) is 5.67. The van der Waals surface area contributed by atoms with E-state index in [2.05, 4.69) is 42.8 Å². The van der Waals surface area contributed by atoms with Gasteiger partial charge in [-0.05, 0) is 78.9 Å². The highest BCUT2D eigenvalue weighted by molar-refractivity contribution is 5.81. The molecule has 2 aliphatic rings. The molecule has 2 rings (SSSR count). The van der Waals surface area contributed by atoms with Gasteiger partial charge in [0.1, 0.15) is 0 Å². The molecular weight excluding hydrogens is 262 g/mol. The predicted octanol–water partition coefficient (Wildman–Crippen LogP) is 2.10. The van der Waals surface area contributed by atoms with Crippen LogP contribution in [0.2, 0.25) is 0 Å². The van der Waals surface area contributed by atoms with Crippen LogP contribution in [0.15, 0.2) is 0 Å². The number of carbonyl (C=O) groups is 1. The van der Waals surface area contributed by atoms with Gasteiger partial charge in [-0.3, -0.25) is 9.69 Å². The van der Waals surface area contributed by atoms with Gasteiger partial charge in [0.05, 0.1) is 6.04 Å². The van der Waals surface area contributed by atoms with Gasteiger partial charge in [0.2, 0.25) is 5.91 Å². The van der Waals surface area contributed by atoms with Crippen molar-refractivity contribution in [3.63, 3.8) is 0 Å². The molecule has 0 radical (unpaired) electrons. The Labute approximate surface area is 130 Å². The van der Waals surface area contributed by atoms with E-state index in [9.17, 15) is 4.79 Å². The summed E-state index contributed by atoms with van der Waals surface area (Å²) >= 11 is 0. The topological polar surface area (TPSA) is 35.6 Å². The van der Waals surface area contributed by atoms with Crippen LogP contribution < -0.4 is 5.32 Å². The average Bonchev–Trinajstić information content (AvgIpc) is 2.97. The second kappa shape index (κ2) is 7.10. The Morgan fingerprint density at radius 2 is 1.71 bits per heavy atom. The molecule has 2 heterocycles. The number of hydrogen-bond acceptors (Lipinski definition) is 3. The van der Waals surface area contributed by atoms with Crippen molar-refractivity contribution in [2.75, 3.05) is 32.7 Å². The molecule has 4 heteroatoms. The summed E-state index contributed by atoms with van der Waals surface area (Å²) in [5, 5.41) is 3.61. The quantitative estimate of drug-likeness (QED) is 0.863. The predicted molar refractivity (Wildman–Crippen MR) is 87.3 cm³/mol. The number of carbonyl (C=O) groups excluding carboxylic acids is 1. The van der Waals surface area contributed by atoms with Crippen molar-refractivity contribution in [3.05, 3.63) is 0 Å². The van der Waals surface area contributed by atoms with Crippen LogP contribution in [-0.4, -0.2) is 60.0 Å². The summed E-state index contributed by atoms with van der Waals surface area (Å²) in [6.07, 6.45) is 4.78. The highest BCUT2D eigenvalue weighted by Gasteiger charge is 2.30. The third-order valence-corrected chi connectivity index (χ3v) is 4.89. The lowest BCUT2D eigenvalue weighted by molar-refractivity contribution is -0.135. The van der Waals surface area contributed by atoms with Crippen LogP contribution in [0.4, 0.5) is 0 Å². The second-order valence-corrected chi connectivity index (χ2v) is 7.82. The van der Waals surface area contributed by atoms with Crippen LogP contribution in [0.5, 0.6) is 0 Å². The van der Waals surface area contributed by atoms with Crippen molar-refractivity contribution in [2.24, 2.45) is 5.92 Å². The molecule has 122 valence electrons. The zero-order valence-corrected chi connectivity index (χ0v) is 14.3. The summed E-state index contributed by atoms with van der Waals surface area (Å²) < 4.78 is 0. The van der Waals surface area contributed by atoms with E-state index in [1.807, 2.05) is 0 Å². The van der Waals surface area contributed by atoms with E-state index in [0.717, 1.165) is 38.6 Å². The maximum Gasteiger partial charge on any atom is 0.239 e. The fourth-order valence-corrected chi connectivity index (χ4v) is 3.35. The minimum Gasteiger partial charge on any atom is -0.341 e. The Hall–Kier alpha value is -0.610. The zero-order valence-electron chi connectivity index (χ0n) is 14.3. The molecule has 0 aromatic carbocycles. The van der Waals surface area contributed by atoms with Crippen LogP contribution in [-0.2, 0) is 4.79 Å². The Bertz CT molecular complexity index is 336. The minimum absolute atomic E-state index is 0.0691. The molecule has 0 bridgehead atoms. The van der Waals surface area contributed by atoms with Gasteiger partial charge in [-0.25, -0.2) is 0 Å². The molecule has 0 aromatic rings. The number of likely N-dealkylation sites (tertiary alicyclic amines) is 2. The molecule has 2 saturated heterocycles. The van der Waals surface area contributed by atoms with Gasteiger partial charge in [-0.1, -0.05) is 0 Å². The summed E-state index contributed by atoms with van der Waals surface area (Å²) in [6, 6.07) is 0.0691. The lowest BCUT2D eigenvalue weighted by Crippen LogP contribution is -2.50. The molecule has 1 unspecified atom stereocenters. The first kappa shape index (κ1) is 16.8.